The summed E-state index contributed by atoms with van der Waals surface area (Å²) in [7, 11) is 0. The molecule has 3 rings (SSSR count). The van der Waals surface area contributed by atoms with Crippen molar-refractivity contribution in [3.8, 4) is 22.3 Å². The fourth-order valence-electron chi connectivity index (χ4n) is 1.56. The van der Waals surface area contributed by atoms with Gasteiger partial charge >= 0.3 is 0 Å². The van der Waals surface area contributed by atoms with Crippen LogP contribution in [0.3, 0.4) is 0 Å². The Labute approximate surface area is 95.9 Å². The van der Waals surface area contributed by atoms with E-state index in [1.54, 1.807) is 0 Å². The quantitative estimate of drug-likeness (QED) is 0.657. The van der Waals surface area contributed by atoms with E-state index in [1.165, 1.54) is 22.3 Å². The summed E-state index contributed by atoms with van der Waals surface area (Å²) in [5.41, 5.74) is 5.49. The highest BCUT2D eigenvalue weighted by atomic mass is 32.2. The second-order valence-electron chi connectivity index (χ2n) is 3.38. The van der Waals surface area contributed by atoms with Crippen molar-refractivity contribution in [3.63, 3.8) is 0 Å². The first-order chi connectivity index (χ1) is 7.66. The molecule has 82 valence electrons. The standard InChI is InChI=1S/C12H8.H2O3S/c1-2-4-9(5-3-1)10-6-11-8-12(11)7-10;1-4(2)3/h1-8H;(H2,1,2,3)/p-1. The number of hydrogen-bond donors (Lipinski definition) is 1. The van der Waals surface area contributed by atoms with Gasteiger partial charge in [0.15, 0.2) is 0 Å². The third-order valence-electron chi connectivity index (χ3n) is 2.29. The highest BCUT2D eigenvalue weighted by Crippen LogP contribution is 2.40. The molecule has 4 heteroatoms. The fraction of sp³-hybridized carbons (Fsp3) is 0. The van der Waals surface area contributed by atoms with Gasteiger partial charge in [0.05, 0.1) is 11.4 Å². The molecular formula is C12H9O3S-. The van der Waals surface area contributed by atoms with Crippen LogP contribution in [-0.4, -0.2) is 13.3 Å². The zero-order valence-electron chi connectivity index (χ0n) is 8.29. The Bertz CT molecular complexity index is 499. The molecule has 0 saturated heterocycles. The Balaban J connectivity index is 0.000000212. The minimum atomic E-state index is -2.86. The molecule has 1 aromatic carbocycles. The van der Waals surface area contributed by atoms with Gasteiger partial charge in [-0.15, -0.1) is 0 Å². The number of hydrogen-bond acceptors (Lipinski definition) is 2. The average Bonchev–Trinajstić information content (AvgIpc) is 2.86. The molecule has 0 amide bonds. The van der Waals surface area contributed by atoms with Gasteiger partial charge < -0.3 is 9.11 Å². The van der Waals surface area contributed by atoms with Gasteiger partial charge in [-0.3, -0.25) is 0 Å². The number of rotatable bonds is 1. The van der Waals surface area contributed by atoms with Crippen LogP contribution in [0.5, 0.6) is 0 Å². The highest BCUT2D eigenvalue weighted by molar-refractivity contribution is 7.73. The molecule has 2 aliphatic rings. The van der Waals surface area contributed by atoms with Crippen molar-refractivity contribution in [2.45, 2.75) is 0 Å². The van der Waals surface area contributed by atoms with Crippen molar-refractivity contribution in [2.75, 3.05) is 0 Å². The van der Waals surface area contributed by atoms with Crippen molar-refractivity contribution in [1.29, 1.82) is 0 Å². The van der Waals surface area contributed by atoms with Crippen LogP contribution in [-0.2, 0) is 11.4 Å². The smallest absolute Gasteiger partial charge is 0.0814 e. The molecule has 1 N–H and O–H groups in total. The molecule has 0 heterocycles. The molecule has 2 aliphatic carbocycles. The molecule has 0 bridgehead atoms. The largest absolute Gasteiger partial charge is 0.750 e. The second-order valence-corrected chi connectivity index (χ2v) is 3.82. The van der Waals surface area contributed by atoms with E-state index in [1.807, 2.05) is 6.07 Å². The van der Waals surface area contributed by atoms with Crippen molar-refractivity contribution in [3.05, 3.63) is 48.5 Å². The summed E-state index contributed by atoms with van der Waals surface area (Å²) in [6.45, 7) is 0. The Morgan fingerprint density at radius 2 is 1.25 bits per heavy atom. The monoisotopic (exact) mass is 233 g/mol. The van der Waals surface area contributed by atoms with Crippen molar-refractivity contribution in [1.82, 2.24) is 0 Å². The van der Waals surface area contributed by atoms with E-state index in [0.29, 0.717) is 0 Å². The van der Waals surface area contributed by atoms with Gasteiger partial charge in [-0.05, 0) is 40.5 Å². The van der Waals surface area contributed by atoms with E-state index in [-0.39, 0.29) is 0 Å². The first-order valence-electron chi connectivity index (χ1n) is 4.66. The summed E-state index contributed by atoms with van der Waals surface area (Å²) < 4.78 is 24.1. The van der Waals surface area contributed by atoms with Gasteiger partial charge in [-0.2, -0.15) is 0 Å². The maximum atomic E-state index is 8.56. The molecular weight excluding hydrogens is 224 g/mol. The van der Waals surface area contributed by atoms with Crippen LogP contribution in [0.25, 0.3) is 22.3 Å². The minimum absolute atomic E-state index is 1.32. The predicted molar refractivity (Wildman–Crippen MR) is 62.4 cm³/mol. The van der Waals surface area contributed by atoms with E-state index in [0.717, 1.165) is 0 Å². The lowest BCUT2D eigenvalue weighted by molar-refractivity contribution is 0.436. The Morgan fingerprint density at radius 1 is 0.875 bits per heavy atom. The van der Waals surface area contributed by atoms with Crippen molar-refractivity contribution < 1.29 is 13.3 Å². The molecule has 1 unspecified atom stereocenters. The third-order valence-corrected chi connectivity index (χ3v) is 2.29. The fourth-order valence-corrected chi connectivity index (χ4v) is 1.56. The molecule has 0 aliphatic heterocycles. The van der Waals surface area contributed by atoms with Crippen LogP contribution < -0.4 is 0 Å². The first-order valence-corrected chi connectivity index (χ1v) is 5.69. The van der Waals surface area contributed by atoms with Gasteiger partial charge in [0.2, 0.25) is 0 Å². The molecule has 0 aromatic heterocycles. The summed E-state index contributed by atoms with van der Waals surface area (Å²) in [5, 5.41) is 0. The van der Waals surface area contributed by atoms with E-state index >= 15 is 0 Å². The van der Waals surface area contributed by atoms with Gasteiger partial charge in [0.1, 0.15) is 0 Å². The molecule has 1 atom stereocenters. The maximum Gasteiger partial charge on any atom is 0.0814 e. The summed E-state index contributed by atoms with van der Waals surface area (Å²) in [6.07, 6.45) is 0. The van der Waals surface area contributed by atoms with Crippen LogP contribution in [0.2, 0.25) is 0 Å². The average molecular weight is 233 g/mol. The van der Waals surface area contributed by atoms with E-state index < -0.39 is 11.4 Å². The van der Waals surface area contributed by atoms with Gasteiger partial charge in [-0.1, -0.05) is 30.3 Å². The predicted octanol–water partition coefficient (Wildman–Crippen LogP) is 2.67. The second kappa shape index (κ2) is 4.57. The summed E-state index contributed by atoms with van der Waals surface area (Å²) >= 11 is -2.86. The normalized spacial score (nSPS) is 12.4. The number of benzene rings is 2. The van der Waals surface area contributed by atoms with E-state index in [2.05, 4.69) is 42.5 Å². The van der Waals surface area contributed by atoms with E-state index in [9.17, 15) is 0 Å². The molecule has 1 aromatic rings. The highest BCUT2D eigenvalue weighted by Gasteiger charge is 2.14. The molecule has 3 nitrogen and oxygen atoms in total. The van der Waals surface area contributed by atoms with Crippen LogP contribution in [0.15, 0.2) is 48.5 Å². The molecule has 0 fully saturated rings. The SMILES string of the molecule is O=S([O-])O.c1ccc(-c2cc3cc-3c2)cc1. The van der Waals surface area contributed by atoms with Crippen LogP contribution in [0, 0.1) is 0 Å². The van der Waals surface area contributed by atoms with Crippen LogP contribution >= 0.6 is 0 Å². The molecule has 0 saturated carbocycles. The van der Waals surface area contributed by atoms with Crippen molar-refractivity contribution >= 4 is 11.4 Å². The Morgan fingerprint density at radius 3 is 1.69 bits per heavy atom. The topological polar surface area (TPSA) is 60.4 Å². The van der Waals surface area contributed by atoms with Gasteiger partial charge in [-0.25, -0.2) is 4.21 Å². The zero-order valence-corrected chi connectivity index (χ0v) is 9.11. The van der Waals surface area contributed by atoms with Gasteiger partial charge in [0.25, 0.3) is 0 Å². The third kappa shape index (κ3) is 2.76. The summed E-state index contributed by atoms with van der Waals surface area (Å²) in [6, 6.07) is 17.2. The van der Waals surface area contributed by atoms with E-state index in [4.69, 9.17) is 13.3 Å². The zero-order chi connectivity index (χ0) is 11.5. The molecule has 0 radical (unpaired) electrons. The Hall–Kier alpha value is -1.49. The maximum absolute atomic E-state index is 8.56. The van der Waals surface area contributed by atoms with Gasteiger partial charge in [0, 0.05) is 0 Å². The summed E-state index contributed by atoms with van der Waals surface area (Å²) in [4.78, 5) is 0. The lowest BCUT2D eigenvalue weighted by Crippen LogP contribution is -1.75. The Kier molecular flexibility index (Phi) is 3.14. The molecule has 0 spiro atoms. The molecule has 16 heavy (non-hydrogen) atoms. The lowest BCUT2D eigenvalue weighted by atomic mass is 10.1. The van der Waals surface area contributed by atoms with Crippen LogP contribution in [0.4, 0.5) is 0 Å². The lowest BCUT2D eigenvalue weighted by Gasteiger charge is -1.94. The van der Waals surface area contributed by atoms with Crippen LogP contribution in [0.1, 0.15) is 0 Å². The number of fused-ring (bicyclic) bond motifs is 1. The van der Waals surface area contributed by atoms with Crippen molar-refractivity contribution in [2.24, 2.45) is 0 Å². The first kappa shape index (κ1) is 11.0. The summed E-state index contributed by atoms with van der Waals surface area (Å²) in [5.74, 6) is 0. The minimum Gasteiger partial charge on any atom is -0.750 e.